The molecule has 3 heteroatoms. The van der Waals surface area contributed by atoms with Crippen LogP contribution in [0.4, 0.5) is 8.78 Å². The zero-order chi connectivity index (χ0) is 11.3. The summed E-state index contributed by atoms with van der Waals surface area (Å²) in [5.41, 5.74) is 0. The molecular formula is C12H23F2N. The Kier molecular flexibility index (Phi) is 4.97. The second-order valence-electron chi connectivity index (χ2n) is 4.85. The van der Waals surface area contributed by atoms with E-state index >= 15 is 0 Å². The fraction of sp³-hybridized carbons (Fsp3) is 1.00. The Morgan fingerprint density at radius 3 is 2.40 bits per heavy atom. The number of hydrogen-bond acceptors (Lipinski definition) is 1. The SMILES string of the molecule is CCC(C)CCCN1CCC(F)(F)CC1. The van der Waals surface area contributed by atoms with Gasteiger partial charge in [-0.05, 0) is 25.3 Å². The molecule has 0 N–H and O–H groups in total. The zero-order valence-electron chi connectivity index (χ0n) is 9.94. The van der Waals surface area contributed by atoms with E-state index in [1.54, 1.807) is 0 Å². The molecule has 1 atom stereocenters. The van der Waals surface area contributed by atoms with Gasteiger partial charge < -0.3 is 4.90 Å². The predicted octanol–water partition coefficient (Wildman–Crippen LogP) is 3.54. The minimum absolute atomic E-state index is 0.0519. The van der Waals surface area contributed by atoms with Crippen LogP contribution in [0.15, 0.2) is 0 Å². The molecule has 0 spiro atoms. The molecule has 90 valence electrons. The standard InChI is InChI=1S/C12H23F2N/c1-3-11(2)5-4-8-15-9-6-12(13,14)7-10-15/h11H,3-10H2,1-2H3. The summed E-state index contributed by atoms with van der Waals surface area (Å²) in [5, 5.41) is 0. The van der Waals surface area contributed by atoms with Crippen molar-refractivity contribution in [2.45, 2.75) is 51.9 Å². The number of halogens is 2. The molecule has 15 heavy (non-hydrogen) atoms. The van der Waals surface area contributed by atoms with Crippen LogP contribution in [-0.4, -0.2) is 30.5 Å². The van der Waals surface area contributed by atoms with Crippen molar-refractivity contribution < 1.29 is 8.78 Å². The lowest BCUT2D eigenvalue weighted by molar-refractivity contribution is -0.0553. The topological polar surface area (TPSA) is 3.24 Å². The van der Waals surface area contributed by atoms with E-state index in [1.807, 2.05) is 0 Å². The Morgan fingerprint density at radius 1 is 1.27 bits per heavy atom. The number of hydrogen-bond donors (Lipinski definition) is 0. The number of piperidine rings is 1. The molecule has 0 amide bonds. The first-order valence-corrected chi connectivity index (χ1v) is 6.13. The van der Waals surface area contributed by atoms with Crippen LogP contribution in [0.25, 0.3) is 0 Å². The molecule has 0 radical (unpaired) electrons. The summed E-state index contributed by atoms with van der Waals surface area (Å²) in [6, 6.07) is 0. The van der Waals surface area contributed by atoms with Gasteiger partial charge in [0.25, 0.3) is 5.92 Å². The van der Waals surface area contributed by atoms with Gasteiger partial charge in [0, 0.05) is 25.9 Å². The average molecular weight is 219 g/mol. The van der Waals surface area contributed by atoms with Crippen molar-refractivity contribution in [2.75, 3.05) is 19.6 Å². The highest BCUT2D eigenvalue weighted by atomic mass is 19.3. The van der Waals surface area contributed by atoms with Crippen molar-refractivity contribution in [3.63, 3.8) is 0 Å². The lowest BCUT2D eigenvalue weighted by Gasteiger charge is -2.31. The lowest BCUT2D eigenvalue weighted by Crippen LogP contribution is -2.39. The van der Waals surface area contributed by atoms with Gasteiger partial charge in [0.05, 0.1) is 0 Å². The molecule has 0 saturated carbocycles. The van der Waals surface area contributed by atoms with Gasteiger partial charge in [-0.1, -0.05) is 20.3 Å². The van der Waals surface area contributed by atoms with E-state index in [9.17, 15) is 8.78 Å². The molecule has 0 aliphatic carbocycles. The summed E-state index contributed by atoms with van der Waals surface area (Å²) in [7, 11) is 0. The molecule has 0 aromatic carbocycles. The second kappa shape index (κ2) is 5.78. The molecule has 1 fully saturated rings. The average Bonchev–Trinajstić information content (AvgIpc) is 2.20. The first kappa shape index (κ1) is 12.9. The van der Waals surface area contributed by atoms with Crippen molar-refractivity contribution >= 4 is 0 Å². The quantitative estimate of drug-likeness (QED) is 0.683. The highest BCUT2D eigenvalue weighted by molar-refractivity contribution is 4.77. The molecule has 1 unspecified atom stereocenters. The van der Waals surface area contributed by atoms with Crippen LogP contribution >= 0.6 is 0 Å². The number of likely N-dealkylation sites (tertiary alicyclic amines) is 1. The van der Waals surface area contributed by atoms with Crippen LogP contribution in [0.3, 0.4) is 0 Å². The van der Waals surface area contributed by atoms with Gasteiger partial charge in [-0.25, -0.2) is 8.78 Å². The van der Waals surface area contributed by atoms with Gasteiger partial charge in [0.1, 0.15) is 0 Å². The Morgan fingerprint density at radius 2 is 1.87 bits per heavy atom. The third-order valence-electron chi connectivity index (χ3n) is 3.46. The van der Waals surface area contributed by atoms with E-state index in [4.69, 9.17) is 0 Å². The van der Waals surface area contributed by atoms with Gasteiger partial charge in [-0.15, -0.1) is 0 Å². The summed E-state index contributed by atoms with van der Waals surface area (Å²) >= 11 is 0. The molecule has 1 nitrogen and oxygen atoms in total. The molecule has 0 aromatic rings. The van der Waals surface area contributed by atoms with Crippen molar-refractivity contribution in [3.8, 4) is 0 Å². The van der Waals surface area contributed by atoms with Crippen molar-refractivity contribution in [3.05, 3.63) is 0 Å². The maximum Gasteiger partial charge on any atom is 0.250 e. The molecule has 1 saturated heterocycles. The Hall–Kier alpha value is -0.180. The summed E-state index contributed by atoms with van der Waals surface area (Å²) in [5.74, 6) is -1.62. The molecule has 0 bridgehead atoms. The first-order chi connectivity index (χ1) is 7.03. The van der Waals surface area contributed by atoms with Crippen LogP contribution in [0.2, 0.25) is 0 Å². The van der Waals surface area contributed by atoms with E-state index in [0.29, 0.717) is 13.1 Å². The Balaban J connectivity index is 2.09. The van der Waals surface area contributed by atoms with Crippen LogP contribution in [0.5, 0.6) is 0 Å². The maximum atomic E-state index is 12.9. The largest absolute Gasteiger partial charge is 0.303 e. The monoisotopic (exact) mass is 219 g/mol. The van der Waals surface area contributed by atoms with Gasteiger partial charge >= 0.3 is 0 Å². The van der Waals surface area contributed by atoms with Gasteiger partial charge in [0.15, 0.2) is 0 Å². The smallest absolute Gasteiger partial charge is 0.250 e. The van der Waals surface area contributed by atoms with Gasteiger partial charge in [-0.3, -0.25) is 0 Å². The molecular weight excluding hydrogens is 196 g/mol. The van der Waals surface area contributed by atoms with Crippen molar-refractivity contribution in [1.82, 2.24) is 4.90 Å². The van der Waals surface area contributed by atoms with Crippen LogP contribution < -0.4 is 0 Å². The van der Waals surface area contributed by atoms with Crippen molar-refractivity contribution in [1.29, 1.82) is 0 Å². The van der Waals surface area contributed by atoms with Gasteiger partial charge in [0.2, 0.25) is 0 Å². The van der Waals surface area contributed by atoms with E-state index in [0.717, 1.165) is 18.9 Å². The van der Waals surface area contributed by atoms with Crippen LogP contribution in [0.1, 0.15) is 46.0 Å². The summed E-state index contributed by atoms with van der Waals surface area (Å²) < 4.78 is 25.7. The minimum Gasteiger partial charge on any atom is -0.303 e. The summed E-state index contributed by atoms with van der Waals surface area (Å²) in [6.45, 7) is 6.61. The number of rotatable bonds is 5. The Labute approximate surface area is 91.8 Å². The minimum atomic E-state index is -2.40. The molecule has 1 heterocycles. The van der Waals surface area contributed by atoms with Crippen LogP contribution in [-0.2, 0) is 0 Å². The van der Waals surface area contributed by atoms with E-state index in [1.165, 1.54) is 12.8 Å². The lowest BCUT2D eigenvalue weighted by atomic mass is 10.0. The first-order valence-electron chi connectivity index (χ1n) is 6.13. The summed E-state index contributed by atoms with van der Waals surface area (Å²) in [6.07, 6.45) is 3.70. The van der Waals surface area contributed by atoms with Crippen molar-refractivity contribution in [2.24, 2.45) is 5.92 Å². The molecule has 1 aliphatic rings. The third-order valence-corrected chi connectivity index (χ3v) is 3.46. The molecule has 1 rings (SSSR count). The molecule has 0 aromatic heterocycles. The van der Waals surface area contributed by atoms with E-state index in [-0.39, 0.29) is 12.8 Å². The number of alkyl halides is 2. The molecule has 1 aliphatic heterocycles. The highest BCUT2D eigenvalue weighted by Crippen LogP contribution is 2.27. The zero-order valence-corrected chi connectivity index (χ0v) is 9.94. The van der Waals surface area contributed by atoms with Crippen LogP contribution in [0, 0.1) is 5.92 Å². The summed E-state index contributed by atoms with van der Waals surface area (Å²) in [4.78, 5) is 2.18. The van der Waals surface area contributed by atoms with E-state index < -0.39 is 5.92 Å². The number of nitrogens with zero attached hydrogens (tertiary/aromatic N) is 1. The predicted molar refractivity (Wildman–Crippen MR) is 59.3 cm³/mol. The third kappa shape index (κ3) is 4.92. The van der Waals surface area contributed by atoms with Gasteiger partial charge in [-0.2, -0.15) is 0 Å². The fourth-order valence-corrected chi connectivity index (χ4v) is 1.97. The highest BCUT2D eigenvalue weighted by Gasteiger charge is 2.33. The maximum absolute atomic E-state index is 12.9. The second-order valence-corrected chi connectivity index (χ2v) is 4.85. The van der Waals surface area contributed by atoms with E-state index in [2.05, 4.69) is 18.7 Å². The normalized spacial score (nSPS) is 24.0. The fourth-order valence-electron chi connectivity index (χ4n) is 1.97. The Bertz CT molecular complexity index is 172.